The zero-order valence-corrected chi connectivity index (χ0v) is 10.7. The fraction of sp³-hybridized carbons (Fsp3) is 0.571. The molecule has 0 heterocycles. The summed E-state index contributed by atoms with van der Waals surface area (Å²) in [6.45, 7) is 3.94. The van der Waals surface area contributed by atoms with E-state index < -0.39 is 11.7 Å². The predicted molar refractivity (Wildman–Crippen MR) is 66.4 cm³/mol. The SMILES string of the molecule is CCC(CC)(OC)C(O)Cc1ccccc1F. The van der Waals surface area contributed by atoms with E-state index in [-0.39, 0.29) is 12.2 Å². The first-order chi connectivity index (χ1) is 8.09. The highest BCUT2D eigenvalue weighted by atomic mass is 19.1. The number of ether oxygens (including phenoxy) is 1. The van der Waals surface area contributed by atoms with Crippen molar-refractivity contribution in [3.05, 3.63) is 35.6 Å². The summed E-state index contributed by atoms with van der Waals surface area (Å²) in [7, 11) is 1.59. The van der Waals surface area contributed by atoms with Crippen molar-refractivity contribution in [2.75, 3.05) is 7.11 Å². The zero-order chi connectivity index (χ0) is 12.9. The lowest BCUT2D eigenvalue weighted by Gasteiger charge is -2.35. The van der Waals surface area contributed by atoms with E-state index in [0.717, 1.165) is 0 Å². The normalized spacial score (nSPS) is 13.7. The van der Waals surface area contributed by atoms with Crippen molar-refractivity contribution in [2.45, 2.75) is 44.8 Å². The summed E-state index contributed by atoms with van der Waals surface area (Å²) < 4.78 is 18.9. The van der Waals surface area contributed by atoms with Crippen molar-refractivity contribution in [3.8, 4) is 0 Å². The molecule has 17 heavy (non-hydrogen) atoms. The Morgan fingerprint density at radius 2 is 1.88 bits per heavy atom. The number of halogens is 1. The van der Waals surface area contributed by atoms with Crippen LogP contribution in [0, 0.1) is 5.82 Å². The molecule has 0 aliphatic carbocycles. The third kappa shape index (κ3) is 3.05. The Bertz CT molecular complexity index is 340. The predicted octanol–water partition coefficient (Wildman–Crippen LogP) is 2.93. The van der Waals surface area contributed by atoms with Crippen molar-refractivity contribution >= 4 is 0 Å². The van der Waals surface area contributed by atoms with E-state index >= 15 is 0 Å². The Morgan fingerprint density at radius 1 is 1.29 bits per heavy atom. The zero-order valence-electron chi connectivity index (χ0n) is 10.7. The quantitative estimate of drug-likeness (QED) is 0.828. The van der Waals surface area contributed by atoms with Crippen LogP contribution in [0.25, 0.3) is 0 Å². The number of hydrogen-bond donors (Lipinski definition) is 1. The minimum absolute atomic E-state index is 0.274. The molecule has 0 bridgehead atoms. The van der Waals surface area contributed by atoms with Gasteiger partial charge in [-0.25, -0.2) is 4.39 Å². The Hall–Kier alpha value is -0.930. The summed E-state index contributed by atoms with van der Waals surface area (Å²) in [6, 6.07) is 6.53. The molecule has 3 heteroatoms. The van der Waals surface area contributed by atoms with Gasteiger partial charge in [0.15, 0.2) is 0 Å². The molecular formula is C14H21FO2. The summed E-state index contributed by atoms with van der Waals surface area (Å²) in [5.41, 5.74) is -0.0502. The van der Waals surface area contributed by atoms with Crippen LogP contribution in [0.15, 0.2) is 24.3 Å². The first-order valence-corrected chi connectivity index (χ1v) is 6.06. The molecule has 1 aromatic rings. The molecule has 0 saturated heterocycles. The second kappa shape index (κ2) is 6.12. The molecule has 0 radical (unpaired) electrons. The number of aliphatic hydroxyl groups excluding tert-OH is 1. The maximum atomic E-state index is 13.5. The van der Waals surface area contributed by atoms with Crippen LogP contribution in [0.4, 0.5) is 4.39 Å². The molecule has 0 aliphatic heterocycles. The smallest absolute Gasteiger partial charge is 0.126 e. The van der Waals surface area contributed by atoms with Gasteiger partial charge in [-0.05, 0) is 24.5 Å². The second-order valence-corrected chi connectivity index (χ2v) is 4.29. The van der Waals surface area contributed by atoms with E-state index in [2.05, 4.69) is 0 Å². The Kier molecular flexibility index (Phi) is 5.09. The summed E-state index contributed by atoms with van der Waals surface area (Å²) in [4.78, 5) is 0. The third-order valence-corrected chi connectivity index (χ3v) is 3.58. The maximum Gasteiger partial charge on any atom is 0.126 e. The van der Waals surface area contributed by atoms with Gasteiger partial charge >= 0.3 is 0 Å². The summed E-state index contributed by atoms with van der Waals surface area (Å²) >= 11 is 0. The molecule has 1 rings (SSSR count). The monoisotopic (exact) mass is 240 g/mol. The van der Waals surface area contributed by atoms with Gasteiger partial charge in [0.2, 0.25) is 0 Å². The summed E-state index contributed by atoms with van der Waals surface area (Å²) in [5, 5.41) is 10.2. The molecule has 0 aromatic heterocycles. The first-order valence-electron chi connectivity index (χ1n) is 6.06. The third-order valence-electron chi connectivity index (χ3n) is 3.58. The van der Waals surface area contributed by atoms with Crippen LogP contribution in [-0.4, -0.2) is 23.9 Å². The van der Waals surface area contributed by atoms with Crippen molar-refractivity contribution in [1.82, 2.24) is 0 Å². The van der Waals surface area contributed by atoms with Crippen LogP contribution in [0.2, 0.25) is 0 Å². The van der Waals surface area contributed by atoms with Gasteiger partial charge < -0.3 is 9.84 Å². The molecule has 0 aliphatic rings. The van der Waals surface area contributed by atoms with E-state index in [9.17, 15) is 9.50 Å². The fourth-order valence-electron chi connectivity index (χ4n) is 2.20. The number of benzene rings is 1. The van der Waals surface area contributed by atoms with Gasteiger partial charge in [-0.1, -0.05) is 32.0 Å². The molecule has 0 amide bonds. The average molecular weight is 240 g/mol. The van der Waals surface area contributed by atoms with Gasteiger partial charge in [-0.3, -0.25) is 0 Å². The van der Waals surface area contributed by atoms with Gasteiger partial charge in [0.25, 0.3) is 0 Å². The molecule has 1 atom stereocenters. The second-order valence-electron chi connectivity index (χ2n) is 4.29. The van der Waals surface area contributed by atoms with E-state index in [4.69, 9.17) is 4.74 Å². The highest BCUT2D eigenvalue weighted by Gasteiger charge is 2.34. The lowest BCUT2D eigenvalue weighted by atomic mass is 9.86. The lowest BCUT2D eigenvalue weighted by molar-refractivity contribution is -0.107. The minimum Gasteiger partial charge on any atom is -0.390 e. The van der Waals surface area contributed by atoms with Crippen LogP contribution in [0.1, 0.15) is 32.3 Å². The number of hydrogen-bond acceptors (Lipinski definition) is 2. The van der Waals surface area contributed by atoms with E-state index in [1.807, 2.05) is 13.8 Å². The van der Waals surface area contributed by atoms with Gasteiger partial charge in [0.1, 0.15) is 5.82 Å². The van der Waals surface area contributed by atoms with Gasteiger partial charge in [-0.2, -0.15) is 0 Å². The van der Waals surface area contributed by atoms with Crippen LogP contribution >= 0.6 is 0 Å². The molecule has 0 spiro atoms. The van der Waals surface area contributed by atoms with Gasteiger partial charge in [-0.15, -0.1) is 0 Å². The largest absolute Gasteiger partial charge is 0.390 e. The Balaban J connectivity index is 2.84. The Morgan fingerprint density at radius 3 is 2.35 bits per heavy atom. The summed E-state index contributed by atoms with van der Waals surface area (Å²) in [6.07, 6.45) is 0.993. The highest BCUT2D eigenvalue weighted by Crippen LogP contribution is 2.27. The lowest BCUT2D eigenvalue weighted by Crippen LogP contribution is -2.44. The summed E-state index contributed by atoms with van der Waals surface area (Å²) in [5.74, 6) is -0.274. The van der Waals surface area contributed by atoms with E-state index in [1.54, 1.807) is 25.3 Å². The van der Waals surface area contributed by atoms with Gasteiger partial charge in [0, 0.05) is 13.5 Å². The number of aliphatic hydroxyl groups is 1. The molecule has 2 nitrogen and oxygen atoms in total. The molecule has 1 N–H and O–H groups in total. The molecule has 1 aromatic carbocycles. The maximum absolute atomic E-state index is 13.5. The first kappa shape index (κ1) is 14.1. The van der Waals surface area contributed by atoms with E-state index in [0.29, 0.717) is 18.4 Å². The topological polar surface area (TPSA) is 29.5 Å². The number of rotatable bonds is 6. The molecule has 1 unspecified atom stereocenters. The number of methoxy groups -OCH3 is 1. The van der Waals surface area contributed by atoms with Crippen molar-refractivity contribution in [1.29, 1.82) is 0 Å². The molecule has 0 saturated carbocycles. The average Bonchev–Trinajstić information content (AvgIpc) is 2.35. The molecule has 96 valence electrons. The van der Waals surface area contributed by atoms with Crippen LogP contribution in [0.3, 0.4) is 0 Å². The van der Waals surface area contributed by atoms with Crippen LogP contribution in [-0.2, 0) is 11.2 Å². The van der Waals surface area contributed by atoms with E-state index in [1.165, 1.54) is 6.07 Å². The van der Waals surface area contributed by atoms with Crippen molar-refractivity contribution < 1.29 is 14.2 Å². The van der Waals surface area contributed by atoms with Crippen LogP contribution in [0.5, 0.6) is 0 Å². The fourth-order valence-corrected chi connectivity index (χ4v) is 2.20. The molecule has 0 fully saturated rings. The van der Waals surface area contributed by atoms with Crippen LogP contribution < -0.4 is 0 Å². The highest BCUT2D eigenvalue weighted by molar-refractivity contribution is 5.18. The molecular weight excluding hydrogens is 219 g/mol. The minimum atomic E-state index is -0.695. The standard InChI is InChI=1S/C14H21FO2/c1-4-14(5-2,17-3)13(16)10-11-8-6-7-9-12(11)15/h6-9,13,16H,4-5,10H2,1-3H3. The van der Waals surface area contributed by atoms with Gasteiger partial charge in [0.05, 0.1) is 11.7 Å². The Labute approximate surface area is 102 Å². The van der Waals surface area contributed by atoms with Crippen molar-refractivity contribution in [3.63, 3.8) is 0 Å². The van der Waals surface area contributed by atoms with Crippen molar-refractivity contribution in [2.24, 2.45) is 0 Å².